The molecule has 18 heteroatoms. The summed E-state index contributed by atoms with van der Waals surface area (Å²) in [6, 6.07) is 0. The van der Waals surface area contributed by atoms with Crippen molar-refractivity contribution < 1.29 is 75.8 Å². The van der Waals surface area contributed by atoms with Crippen LogP contribution >= 0.6 is 15.6 Å². The van der Waals surface area contributed by atoms with Gasteiger partial charge in [0.2, 0.25) is 0 Å². The molecule has 0 bridgehead atoms. The summed E-state index contributed by atoms with van der Waals surface area (Å²) >= 11 is 0. The highest BCUT2D eigenvalue weighted by atomic mass is 31.2. The Hall–Kier alpha value is -5.09. The number of phosphoric acid groups is 2. The van der Waals surface area contributed by atoms with E-state index >= 15 is 0 Å². The molecule has 4 N–H and O–H groups in total. The highest BCUT2D eigenvalue weighted by Gasteiger charge is 2.29. The molecule has 0 radical (unpaired) electrons. The Bertz CT molecular complexity index is 2810. The Balaban J connectivity index is 4.66. The predicted octanol–water partition coefficient (Wildman–Crippen LogP) is 28.7. The van der Waals surface area contributed by atoms with Gasteiger partial charge < -0.3 is 34.2 Å². The van der Waals surface area contributed by atoms with E-state index in [2.05, 4.69) is 191 Å². The van der Waals surface area contributed by atoms with E-state index in [1.54, 1.807) is 0 Å². The number of rotatable bonds is 87. The first-order valence-electron chi connectivity index (χ1n) is 46.4. The highest BCUT2D eigenvalue weighted by molar-refractivity contribution is 7.47. The van der Waals surface area contributed by atoms with Crippen LogP contribution in [0.3, 0.4) is 0 Å². The van der Waals surface area contributed by atoms with Gasteiger partial charge in [-0.2, -0.15) is 0 Å². The van der Waals surface area contributed by atoms with Gasteiger partial charge in [-0.05, 0) is 161 Å². The molecule has 0 aromatic heterocycles. The highest BCUT2D eigenvalue weighted by Crippen LogP contribution is 2.45. The fraction of sp³-hybridized carbons (Fsp3) is 0.687. The van der Waals surface area contributed by atoms with Crippen LogP contribution in [0.5, 0.6) is 0 Å². The van der Waals surface area contributed by atoms with Crippen molar-refractivity contribution in [1.82, 2.24) is 0 Å². The predicted molar refractivity (Wildman–Crippen MR) is 491 cm³/mol. The molecule has 16 nitrogen and oxygen atoms in total. The third-order valence-corrected chi connectivity index (χ3v) is 21.3. The molecule has 0 aromatic rings. The number of aliphatic hydroxyl groups is 2. The zero-order valence-corrected chi connectivity index (χ0v) is 75.6. The summed E-state index contributed by atoms with van der Waals surface area (Å²) in [6.45, 7) is 2.52. The molecule has 0 rings (SSSR count). The summed E-state index contributed by atoms with van der Waals surface area (Å²) in [5.74, 6) is -1.60. The SMILES string of the molecule is CC/C=C\C/C=C\C/C=C\C/C=C\C/C=C\C/C=C\CCCCCCC(=O)OC(COC(=O)CCCCCCCCCCCCCCC/C=C\C/C=C\C/C=C\C/C=C\CCCCC)COP(=O)(O)OCC(O)COP(=O)(O)OCC(O)COC(=O)CCCCCCCCCCCCCCC/C=C\C/C=C\C/C=C\C/C=C\CCCCC. The van der Waals surface area contributed by atoms with Gasteiger partial charge in [-0.1, -0.05) is 371 Å². The molecule has 117 heavy (non-hydrogen) atoms. The largest absolute Gasteiger partial charge is 0.472 e. The number of aliphatic hydroxyl groups excluding tert-OH is 2. The maximum absolute atomic E-state index is 13.1. The molecule has 670 valence electrons. The fourth-order valence-electron chi connectivity index (χ4n) is 12.4. The molecule has 0 aliphatic heterocycles. The van der Waals surface area contributed by atoms with Crippen LogP contribution in [0.2, 0.25) is 0 Å². The summed E-state index contributed by atoms with van der Waals surface area (Å²) in [5, 5.41) is 20.7. The van der Waals surface area contributed by atoms with Crippen molar-refractivity contribution >= 4 is 33.6 Å². The zero-order valence-electron chi connectivity index (χ0n) is 73.8. The van der Waals surface area contributed by atoms with Crippen LogP contribution in [0.1, 0.15) is 380 Å². The summed E-state index contributed by atoms with van der Waals surface area (Å²) in [6.07, 6.45) is 117. The molecule has 0 aliphatic carbocycles. The van der Waals surface area contributed by atoms with Crippen molar-refractivity contribution in [3.05, 3.63) is 170 Å². The molecular formula is C99H168O16P2. The lowest BCUT2D eigenvalue weighted by Crippen LogP contribution is -2.30. The minimum absolute atomic E-state index is 0.0696. The van der Waals surface area contributed by atoms with Crippen LogP contribution in [-0.2, 0) is 55.8 Å². The van der Waals surface area contributed by atoms with Crippen LogP contribution in [0, 0.1) is 0 Å². The van der Waals surface area contributed by atoms with Crippen molar-refractivity contribution in [2.45, 2.75) is 399 Å². The molecule has 0 heterocycles. The van der Waals surface area contributed by atoms with Crippen molar-refractivity contribution in [2.24, 2.45) is 0 Å². The summed E-state index contributed by atoms with van der Waals surface area (Å²) < 4.78 is 61.5. The number of allylic oxidation sites excluding steroid dienone is 28. The van der Waals surface area contributed by atoms with Gasteiger partial charge in [-0.25, -0.2) is 9.13 Å². The molecular weight excluding hydrogens is 1510 g/mol. The van der Waals surface area contributed by atoms with Crippen LogP contribution in [0.25, 0.3) is 0 Å². The number of hydrogen-bond donors (Lipinski definition) is 4. The van der Waals surface area contributed by atoms with Gasteiger partial charge in [-0.15, -0.1) is 0 Å². The molecule has 0 aromatic carbocycles. The second kappa shape index (κ2) is 90.2. The lowest BCUT2D eigenvalue weighted by molar-refractivity contribution is -0.161. The van der Waals surface area contributed by atoms with Gasteiger partial charge in [0.05, 0.1) is 26.4 Å². The molecule has 0 fully saturated rings. The van der Waals surface area contributed by atoms with Crippen molar-refractivity contribution in [1.29, 1.82) is 0 Å². The first-order chi connectivity index (χ1) is 57.2. The van der Waals surface area contributed by atoms with E-state index in [9.17, 15) is 43.5 Å². The first kappa shape index (κ1) is 112. The maximum Gasteiger partial charge on any atom is 0.472 e. The lowest BCUT2D eigenvalue weighted by Gasteiger charge is -2.21. The number of hydrogen-bond acceptors (Lipinski definition) is 14. The number of esters is 3. The van der Waals surface area contributed by atoms with Crippen molar-refractivity contribution in [3.8, 4) is 0 Å². The topological polar surface area (TPSA) is 231 Å². The minimum Gasteiger partial charge on any atom is -0.463 e. The Labute approximate surface area is 713 Å². The van der Waals surface area contributed by atoms with E-state index in [0.29, 0.717) is 19.3 Å². The molecule has 0 amide bonds. The number of carbonyl (C=O) groups is 3. The Morgan fingerprint density at radius 3 is 0.718 bits per heavy atom. The fourth-order valence-corrected chi connectivity index (χ4v) is 14.0. The Morgan fingerprint density at radius 1 is 0.248 bits per heavy atom. The standard InChI is InChI=1S/C99H168O16P2/c1-4-7-10-13-16-19-22-25-28-31-34-37-40-42-44-46-48-50-53-55-58-61-64-67-70-73-76-79-82-85-97(102)109-88-94(100)89-111-116(105,106)112-90-95(101)91-113-117(107,108)114-93-96(115-99(104)87-84-81-78-75-72-69-66-63-60-57-52-39-36-33-30-27-24-21-18-15-12-9-6-3)92-110-98(103)86-83-80-77-74-71-68-65-62-59-56-54-51-49-47-45-43-41-38-35-32-29-26-23-20-17-14-11-8-5-2/h9,12,16-21,25-30,34-39,42-45,57,60,66,69,94-96,100-101H,4-8,10-11,13-15,22-24,31-33,40-41,46-56,58-59,61-65,67-68,70-93H2,1-3H3,(H,105,106)(H,107,108)/b12-9-,19-16-,20-17-,21-18-,28-25-,29-26-,30-27-,37-34-,38-35-,39-36-,44-42-,45-43-,60-57-,69-66-. The van der Waals surface area contributed by atoms with E-state index in [1.165, 1.54) is 161 Å². The van der Waals surface area contributed by atoms with Crippen molar-refractivity contribution in [2.75, 3.05) is 39.6 Å². The van der Waals surface area contributed by atoms with E-state index in [-0.39, 0.29) is 19.3 Å². The van der Waals surface area contributed by atoms with Crippen LogP contribution in [0.4, 0.5) is 0 Å². The second-order valence-electron chi connectivity index (χ2n) is 30.7. The van der Waals surface area contributed by atoms with Gasteiger partial charge in [0.25, 0.3) is 0 Å². The smallest absolute Gasteiger partial charge is 0.463 e. The van der Waals surface area contributed by atoms with E-state index in [4.69, 9.17) is 32.3 Å². The molecule has 0 spiro atoms. The third-order valence-electron chi connectivity index (χ3n) is 19.4. The minimum atomic E-state index is -4.95. The van der Waals surface area contributed by atoms with Crippen LogP contribution in [0.15, 0.2) is 170 Å². The van der Waals surface area contributed by atoms with Gasteiger partial charge in [-0.3, -0.25) is 32.5 Å². The lowest BCUT2D eigenvalue weighted by atomic mass is 10.0. The summed E-state index contributed by atoms with van der Waals surface area (Å²) in [7, 11) is -9.82. The monoisotopic (exact) mass is 1680 g/mol. The molecule has 0 saturated carbocycles. The molecule has 0 aliphatic rings. The summed E-state index contributed by atoms with van der Waals surface area (Å²) in [4.78, 5) is 59.0. The Kier molecular flexibility index (Phi) is 86.2. The average molecular weight is 1680 g/mol. The van der Waals surface area contributed by atoms with Gasteiger partial charge in [0.15, 0.2) is 6.10 Å². The van der Waals surface area contributed by atoms with Crippen LogP contribution in [-0.4, -0.2) is 95.9 Å². The average Bonchev–Trinajstić information content (AvgIpc) is 0.894. The normalized spacial score (nSPS) is 14.6. The number of carbonyl (C=O) groups excluding carboxylic acids is 3. The maximum atomic E-state index is 13.1. The molecule has 5 atom stereocenters. The number of ether oxygens (including phenoxy) is 3. The van der Waals surface area contributed by atoms with Gasteiger partial charge >= 0.3 is 33.6 Å². The van der Waals surface area contributed by atoms with Gasteiger partial charge in [0.1, 0.15) is 25.4 Å². The van der Waals surface area contributed by atoms with Gasteiger partial charge in [0, 0.05) is 19.3 Å². The first-order valence-corrected chi connectivity index (χ1v) is 49.4. The Morgan fingerprint density at radius 2 is 0.453 bits per heavy atom. The van der Waals surface area contributed by atoms with E-state index in [0.717, 1.165) is 161 Å². The quantitative estimate of drug-likeness (QED) is 0.0146. The number of phosphoric ester groups is 2. The van der Waals surface area contributed by atoms with Crippen LogP contribution < -0.4 is 0 Å². The van der Waals surface area contributed by atoms with E-state index in [1.807, 2.05) is 0 Å². The third kappa shape index (κ3) is 91.5. The van der Waals surface area contributed by atoms with E-state index < -0.39 is 91.5 Å². The second-order valence-corrected chi connectivity index (χ2v) is 33.6. The van der Waals surface area contributed by atoms with Crippen molar-refractivity contribution in [3.63, 3.8) is 0 Å². The zero-order chi connectivity index (χ0) is 85.1. The summed E-state index contributed by atoms with van der Waals surface area (Å²) in [5.41, 5.74) is 0. The molecule has 0 saturated heterocycles. The molecule has 5 unspecified atom stereocenters. The number of unbranched alkanes of at least 4 members (excludes halogenated alkanes) is 36.